The Labute approximate surface area is 189 Å². The molecular formula is C25H19N2O6-. The quantitative estimate of drug-likeness (QED) is 0.328. The Bertz CT molecular complexity index is 1220. The summed E-state index contributed by atoms with van der Waals surface area (Å²) >= 11 is 0. The standard InChI is InChI=1S/C25H20N2O6/c1-16(28)33-21-12-10-17(11-13-21)14-22(27-23(29)18-6-3-2-4-7-18)24(30)26-20-9-5-8-19(15-20)25(31)32/h2-15H,1H3,(H,26,30)(H,27,29)(H,31,32)/p-1/b22-14-. The van der Waals surface area contributed by atoms with E-state index in [2.05, 4.69) is 10.6 Å². The van der Waals surface area contributed by atoms with Gasteiger partial charge in [0.25, 0.3) is 11.8 Å². The zero-order chi connectivity index (χ0) is 23.8. The Kier molecular flexibility index (Phi) is 7.33. The number of hydrogen-bond donors (Lipinski definition) is 2. The smallest absolute Gasteiger partial charge is 0.308 e. The Balaban J connectivity index is 1.88. The van der Waals surface area contributed by atoms with Crippen molar-refractivity contribution >= 4 is 35.5 Å². The highest BCUT2D eigenvalue weighted by atomic mass is 16.5. The van der Waals surface area contributed by atoms with E-state index in [1.54, 1.807) is 54.6 Å². The number of carboxylic acids is 1. The fourth-order valence-electron chi connectivity index (χ4n) is 2.83. The molecule has 3 aromatic rings. The number of amides is 2. The maximum Gasteiger partial charge on any atom is 0.308 e. The molecule has 0 aliphatic rings. The van der Waals surface area contributed by atoms with Crippen LogP contribution in [0.15, 0.2) is 84.6 Å². The normalized spacial score (nSPS) is 10.8. The highest BCUT2D eigenvalue weighted by molar-refractivity contribution is 6.10. The topological polar surface area (TPSA) is 125 Å². The zero-order valence-corrected chi connectivity index (χ0v) is 17.5. The molecule has 0 saturated heterocycles. The van der Waals surface area contributed by atoms with Crippen molar-refractivity contribution in [1.82, 2.24) is 5.32 Å². The molecule has 2 N–H and O–H groups in total. The van der Waals surface area contributed by atoms with Gasteiger partial charge in [0.15, 0.2) is 0 Å². The van der Waals surface area contributed by atoms with E-state index in [9.17, 15) is 24.3 Å². The predicted molar refractivity (Wildman–Crippen MR) is 119 cm³/mol. The van der Waals surface area contributed by atoms with Crippen LogP contribution in [0.5, 0.6) is 5.75 Å². The minimum absolute atomic E-state index is 0.0806. The number of carbonyl (C=O) groups excluding carboxylic acids is 4. The van der Waals surface area contributed by atoms with Crippen LogP contribution in [0.1, 0.15) is 33.2 Å². The first kappa shape index (κ1) is 23.0. The van der Waals surface area contributed by atoms with Gasteiger partial charge >= 0.3 is 5.97 Å². The van der Waals surface area contributed by atoms with Gasteiger partial charge in [0.05, 0.1) is 5.97 Å². The maximum absolute atomic E-state index is 13.0. The van der Waals surface area contributed by atoms with Crippen molar-refractivity contribution in [2.75, 3.05) is 5.32 Å². The number of carbonyl (C=O) groups is 4. The van der Waals surface area contributed by atoms with Crippen LogP contribution in [0, 0.1) is 0 Å². The van der Waals surface area contributed by atoms with Crippen molar-refractivity contribution in [3.63, 3.8) is 0 Å². The molecule has 0 heterocycles. The molecule has 0 unspecified atom stereocenters. The van der Waals surface area contributed by atoms with Crippen LogP contribution >= 0.6 is 0 Å². The molecule has 8 heteroatoms. The van der Waals surface area contributed by atoms with Crippen LogP contribution in [0.4, 0.5) is 5.69 Å². The number of ether oxygens (including phenoxy) is 1. The summed E-state index contributed by atoms with van der Waals surface area (Å²) in [6.45, 7) is 1.28. The number of rotatable bonds is 7. The van der Waals surface area contributed by atoms with Crippen LogP contribution in [0.3, 0.4) is 0 Å². The number of esters is 1. The molecule has 0 radical (unpaired) electrons. The molecule has 0 bridgehead atoms. The molecule has 3 aromatic carbocycles. The summed E-state index contributed by atoms with van der Waals surface area (Å²) in [5.41, 5.74) is 0.927. The highest BCUT2D eigenvalue weighted by Crippen LogP contribution is 2.16. The highest BCUT2D eigenvalue weighted by Gasteiger charge is 2.15. The molecule has 0 aromatic heterocycles. The van der Waals surface area contributed by atoms with Gasteiger partial charge in [-0.15, -0.1) is 0 Å². The van der Waals surface area contributed by atoms with E-state index >= 15 is 0 Å². The van der Waals surface area contributed by atoms with Gasteiger partial charge in [0.2, 0.25) is 0 Å². The predicted octanol–water partition coefficient (Wildman–Crippen LogP) is 2.39. The summed E-state index contributed by atoms with van der Waals surface area (Å²) < 4.78 is 4.99. The Morgan fingerprint density at radius 1 is 0.848 bits per heavy atom. The van der Waals surface area contributed by atoms with Crippen molar-refractivity contribution in [2.24, 2.45) is 0 Å². The lowest BCUT2D eigenvalue weighted by atomic mass is 10.1. The van der Waals surface area contributed by atoms with Crippen LogP contribution in [0.25, 0.3) is 6.08 Å². The van der Waals surface area contributed by atoms with Gasteiger partial charge in [-0.2, -0.15) is 0 Å². The van der Waals surface area contributed by atoms with Crippen molar-refractivity contribution in [3.05, 3.63) is 101 Å². The first-order valence-corrected chi connectivity index (χ1v) is 9.81. The molecule has 2 amide bonds. The molecule has 0 aliphatic carbocycles. The van der Waals surface area contributed by atoms with E-state index in [0.29, 0.717) is 16.9 Å². The second-order valence-electron chi connectivity index (χ2n) is 6.86. The van der Waals surface area contributed by atoms with Crippen LogP contribution in [0.2, 0.25) is 0 Å². The molecule has 8 nitrogen and oxygen atoms in total. The van der Waals surface area contributed by atoms with E-state index in [0.717, 1.165) is 0 Å². The second-order valence-corrected chi connectivity index (χ2v) is 6.86. The second kappa shape index (κ2) is 10.5. The summed E-state index contributed by atoms with van der Waals surface area (Å²) in [6, 6.07) is 20.2. The third-order valence-corrected chi connectivity index (χ3v) is 4.34. The van der Waals surface area contributed by atoms with E-state index in [-0.39, 0.29) is 16.9 Å². The number of carboxylic acid groups (broad SMARTS) is 1. The minimum Gasteiger partial charge on any atom is -0.545 e. The lowest BCUT2D eigenvalue weighted by molar-refractivity contribution is -0.255. The summed E-state index contributed by atoms with van der Waals surface area (Å²) in [4.78, 5) is 47.8. The molecule has 0 fully saturated rings. The largest absolute Gasteiger partial charge is 0.545 e. The molecular weight excluding hydrogens is 424 g/mol. The number of anilines is 1. The van der Waals surface area contributed by atoms with Crippen LogP contribution in [-0.4, -0.2) is 23.8 Å². The number of aromatic carboxylic acids is 1. The summed E-state index contributed by atoms with van der Waals surface area (Å²) in [5, 5.41) is 16.2. The van der Waals surface area contributed by atoms with Crippen molar-refractivity contribution < 1.29 is 29.0 Å². The fourth-order valence-corrected chi connectivity index (χ4v) is 2.83. The molecule has 0 saturated carbocycles. The van der Waals surface area contributed by atoms with Gasteiger partial charge in [-0.25, -0.2) is 0 Å². The van der Waals surface area contributed by atoms with E-state index in [4.69, 9.17) is 4.74 Å². The summed E-state index contributed by atoms with van der Waals surface area (Å²) in [5.74, 6) is -2.69. The third kappa shape index (κ3) is 6.63. The fraction of sp³-hybridized carbons (Fsp3) is 0.0400. The number of hydrogen-bond acceptors (Lipinski definition) is 6. The SMILES string of the molecule is CC(=O)Oc1ccc(/C=C(\NC(=O)c2ccccc2)C(=O)Nc2cccc(C(=O)[O-])c2)cc1. The van der Waals surface area contributed by atoms with Gasteiger partial charge in [0, 0.05) is 18.2 Å². The Morgan fingerprint density at radius 2 is 1.52 bits per heavy atom. The maximum atomic E-state index is 13.0. The third-order valence-electron chi connectivity index (χ3n) is 4.34. The van der Waals surface area contributed by atoms with Crippen LogP contribution in [-0.2, 0) is 9.59 Å². The Morgan fingerprint density at radius 3 is 2.15 bits per heavy atom. The van der Waals surface area contributed by atoms with Crippen molar-refractivity contribution in [3.8, 4) is 5.75 Å². The molecule has 0 atom stereocenters. The van der Waals surface area contributed by atoms with E-state index in [1.165, 1.54) is 37.3 Å². The summed E-state index contributed by atoms with van der Waals surface area (Å²) in [7, 11) is 0. The molecule has 33 heavy (non-hydrogen) atoms. The first-order valence-electron chi connectivity index (χ1n) is 9.81. The zero-order valence-electron chi connectivity index (χ0n) is 17.5. The average molecular weight is 443 g/mol. The van der Waals surface area contributed by atoms with E-state index in [1.807, 2.05) is 0 Å². The van der Waals surface area contributed by atoms with Gasteiger partial charge in [-0.1, -0.05) is 42.5 Å². The van der Waals surface area contributed by atoms with Crippen molar-refractivity contribution in [1.29, 1.82) is 0 Å². The molecule has 0 spiro atoms. The van der Waals surface area contributed by atoms with Gasteiger partial charge < -0.3 is 25.3 Å². The lowest BCUT2D eigenvalue weighted by Gasteiger charge is -2.12. The average Bonchev–Trinajstić information content (AvgIpc) is 2.80. The molecule has 166 valence electrons. The van der Waals surface area contributed by atoms with Gasteiger partial charge in [-0.05, 0) is 53.6 Å². The summed E-state index contributed by atoms with van der Waals surface area (Å²) in [6.07, 6.45) is 1.44. The van der Waals surface area contributed by atoms with Gasteiger partial charge in [0.1, 0.15) is 11.4 Å². The number of nitrogens with one attached hydrogen (secondary N) is 2. The van der Waals surface area contributed by atoms with Crippen molar-refractivity contribution in [2.45, 2.75) is 6.92 Å². The number of benzene rings is 3. The minimum atomic E-state index is -1.38. The monoisotopic (exact) mass is 443 g/mol. The lowest BCUT2D eigenvalue weighted by Crippen LogP contribution is -2.30. The molecule has 0 aliphatic heterocycles. The van der Waals surface area contributed by atoms with E-state index < -0.39 is 23.8 Å². The van der Waals surface area contributed by atoms with Gasteiger partial charge in [-0.3, -0.25) is 14.4 Å². The first-order chi connectivity index (χ1) is 15.8. The molecule has 3 rings (SSSR count). The Hall–Kier alpha value is -4.72. The van der Waals surface area contributed by atoms with Crippen LogP contribution < -0.4 is 20.5 Å².